The van der Waals surface area contributed by atoms with Crippen LogP contribution in [-0.4, -0.2) is 67.3 Å². The maximum Gasteiger partial charge on any atom is 0.326 e. The molecule has 7 nitrogen and oxygen atoms in total. The van der Waals surface area contributed by atoms with Gasteiger partial charge in [0.05, 0.1) is 13.2 Å². The number of anilines is 1. The number of esters is 1. The second-order valence-corrected chi connectivity index (χ2v) is 6.75. The predicted octanol–water partition coefficient (Wildman–Crippen LogP) is 1.33. The van der Waals surface area contributed by atoms with Gasteiger partial charge in [0.25, 0.3) is 5.91 Å². The third-order valence-electron chi connectivity index (χ3n) is 3.47. The molecular weight excluding hydrogens is 310 g/mol. The molecule has 1 aliphatic rings. The van der Waals surface area contributed by atoms with E-state index in [0.717, 1.165) is 18.8 Å². The fourth-order valence-electron chi connectivity index (χ4n) is 2.39. The average molecular weight is 335 g/mol. The van der Waals surface area contributed by atoms with Gasteiger partial charge in [0.15, 0.2) is 0 Å². The molecule has 7 heteroatoms. The Morgan fingerprint density at radius 2 is 2.00 bits per heavy atom. The van der Waals surface area contributed by atoms with Gasteiger partial charge in [-0.25, -0.2) is 0 Å². The van der Waals surface area contributed by atoms with Gasteiger partial charge in [-0.1, -0.05) is 0 Å². The van der Waals surface area contributed by atoms with Gasteiger partial charge in [-0.15, -0.1) is 0 Å². The Morgan fingerprint density at radius 3 is 2.62 bits per heavy atom. The molecule has 0 aromatic carbocycles. The van der Waals surface area contributed by atoms with Gasteiger partial charge >= 0.3 is 5.97 Å². The highest BCUT2D eigenvalue weighted by Gasteiger charge is 2.22. The molecule has 132 valence electrons. The first-order valence-electron chi connectivity index (χ1n) is 8.02. The lowest BCUT2D eigenvalue weighted by Gasteiger charge is -2.29. The lowest BCUT2D eigenvalue weighted by Crippen LogP contribution is -2.37. The Hall–Kier alpha value is -2.15. The number of carbonyl (C=O) groups excluding carboxylic acids is 2. The van der Waals surface area contributed by atoms with Crippen LogP contribution in [0.2, 0.25) is 0 Å². The van der Waals surface area contributed by atoms with E-state index < -0.39 is 11.6 Å². The van der Waals surface area contributed by atoms with Gasteiger partial charge in [0.1, 0.15) is 17.8 Å². The van der Waals surface area contributed by atoms with Crippen LogP contribution in [0.1, 0.15) is 31.3 Å². The summed E-state index contributed by atoms with van der Waals surface area (Å²) in [7, 11) is 1.56. The topological polar surface area (TPSA) is 72.0 Å². The summed E-state index contributed by atoms with van der Waals surface area (Å²) >= 11 is 0. The Morgan fingerprint density at radius 1 is 1.33 bits per heavy atom. The molecule has 1 fully saturated rings. The summed E-state index contributed by atoms with van der Waals surface area (Å²) in [6.07, 6.45) is 1.61. The number of rotatable bonds is 4. The number of aromatic nitrogens is 1. The number of amides is 1. The minimum Gasteiger partial charge on any atom is -0.459 e. The zero-order chi connectivity index (χ0) is 17.7. The molecule has 0 unspecified atom stereocenters. The first kappa shape index (κ1) is 18.2. The van der Waals surface area contributed by atoms with E-state index in [2.05, 4.69) is 9.88 Å². The molecule has 0 saturated carbocycles. The summed E-state index contributed by atoms with van der Waals surface area (Å²) in [4.78, 5) is 32.0. The van der Waals surface area contributed by atoms with Crippen LogP contribution in [-0.2, 0) is 14.3 Å². The quantitative estimate of drug-likeness (QED) is 0.773. The third kappa shape index (κ3) is 5.19. The third-order valence-corrected chi connectivity index (χ3v) is 3.47. The minimum absolute atomic E-state index is 0.112. The molecule has 0 N–H and O–H groups in total. The van der Waals surface area contributed by atoms with Crippen molar-refractivity contribution in [1.82, 2.24) is 9.88 Å². The molecule has 0 radical (unpaired) electrons. The summed E-state index contributed by atoms with van der Waals surface area (Å²) in [5.41, 5.74) is 0.669. The minimum atomic E-state index is -0.574. The van der Waals surface area contributed by atoms with Crippen molar-refractivity contribution in [3.05, 3.63) is 24.0 Å². The lowest BCUT2D eigenvalue weighted by molar-refractivity contribution is -0.155. The number of nitrogens with zero attached hydrogens (tertiary/aromatic N) is 3. The number of hydrogen-bond donors (Lipinski definition) is 0. The van der Waals surface area contributed by atoms with E-state index in [4.69, 9.17) is 9.47 Å². The molecule has 24 heavy (non-hydrogen) atoms. The number of likely N-dealkylation sites (N-methyl/N-ethyl adjacent to an activating group) is 1. The van der Waals surface area contributed by atoms with Crippen LogP contribution in [0.25, 0.3) is 0 Å². The van der Waals surface area contributed by atoms with Crippen LogP contribution < -0.4 is 4.90 Å². The molecule has 1 aromatic rings. The van der Waals surface area contributed by atoms with E-state index >= 15 is 0 Å². The summed E-state index contributed by atoms with van der Waals surface area (Å²) in [6.45, 7) is 8.17. The van der Waals surface area contributed by atoms with Gasteiger partial charge in [0, 0.05) is 32.0 Å². The van der Waals surface area contributed by atoms with Crippen molar-refractivity contribution in [3.63, 3.8) is 0 Å². The Labute approximate surface area is 142 Å². The average Bonchev–Trinajstić information content (AvgIpc) is 2.53. The van der Waals surface area contributed by atoms with Crippen molar-refractivity contribution in [2.24, 2.45) is 0 Å². The zero-order valence-electron chi connectivity index (χ0n) is 14.7. The van der Waals surface area contributed by atoms with E-state index in [9.17, 15) is 9.59 Å². The molecule has 0 bridgehead atoms. The van der Waals surface area contributed by atoms with Crippen LogP contribution in [0.3, 0.4) is 0 Å². The molecule has 2 rings (SSSR count). The highest BCUT2D eigenvalue weighted by molar-refractivity contribution is 5.94. The van der Waals surface area contributed by atoms with Crippen molar-refractivity contribution >= 4 is 17.6 Å². The summed E-state index contributed by atoms with van der Waals surface area (Å²) < 4.78 is 10.6. The highest BCUT2D eigenvalue weighted by atomic mass is 16.6. The van der Waals surface area contributed by atoms with E-state index in [1.54, 1.807) is 40.1 Å². The number of ether oxygens (including phenoxy) is 2. The standard InChI is InChI=1S/C17H25N3O4/c1-17(2,3)24-15(21)12-19(4)16(22)14-11-13(5-6-18-14)20-7-9-23-10-8-20/h5-6,11H,7-10,12H2,1-4H3. The number of morpholine rings is 1. The lowest BCUT2D eigenvalue weighted by atomic mass is 10.2. The maximum atomic E-state index is 12.5. The molecule has 1 saturated heterocycles. The molecular formula is C17H25N3O4. The molecule has 2 heterocycles. The van der Waals surface area contributed by atoms with Crippen LogP contribution >= 0.6 is 0 Å². The summed E-state index contributed by atoms with van der Waals surface area (Å²) in [5.74, 6) is -0.751. The van der Waals surface area contributed by atoms with Gasteiger partial charge in [-0.3, -0.25) is 14.6 Å². The van der Waals surface area contributed by atoms with Crippen molar-refractivity contribution in [2.45, 2.75) is 26.4 Å². The van der Waals surface area contributed by atoms with E-state index in [-0.39, 0.29) is 12.5 Å². The smallest absolute Gasteiger partial charge is 0.326 e. The molecule has 0 spiro atoms. The first-order chi connectivity index (χ1) is 11.3. The number of carbonyl (C=O) groups is 2. The fraction of sp³-hybridized carbons (Fsp3) is 0.588. The summed E-state index contributed by atoms with van der Waals surface area (Å²) in [5, 5.41) is 0. The van der Waals surface area contributed by atoms with Crippen molar-refractivity contribution < 1.29 is 19.1 Å². The van der Waals surface area contributed by atoms with E-state index in [1.807, 2.05) is 6.07 Å². The van der Waals surface area contributed by atoms with Gasteiger partial charge in [-0.05, 0) is 32.9 Å². The van der Waals surface area contributed by atoms with E-state index in [1.165, 1.54) is 4.90 Å². The zero-order valence-corrected chi connectivity index (χ0v) is 14.7. The van der Waals surface area contributed by atoms with Gasteiger partial charge in [0.2, 0.25) is 0 Å². The second kappa shape index (κ2) is 7.61. The largest absolute Gasteiger partial charge is 0.459 e. The van der Waals surface area contributed by atoms with Crippen LogP contribution in [0.15, 0.2) is 18.3 Å². The van der Waals surface area contributed by atoms with Crippen LogP contribution in [0.4, 0.5) is 5.69 Å². The molecule has 1 aromatic heterocycles. The SMILES string of the molecule is CN(CC(=O)OC(C)(C)C)C(=O)c1cc(N2CCOCC2)ccn1. The summed E-state index contributed by atoms with van der Waals surface area (Å²) in [6, 6.07) is 3.62. The molecule has 0 aliphatic carbocycles. The Balaban J connectivity index is 2.02. The second-order valence-electron chi connectivity index (χ2n) is 6.75. The van der Waals surface area contributed by atoms with Crippen molar-refractivity contribution in [2.75, 3.05) is 44.8 Å². The Bertz CT molecular complexity index is 592. The molecule has 1 aliphatic heterocycles. The van der Waals surface area contributed by atoms with Crippen molar-refractivity contribution in [1.29, 1.82) is 0 Å². The fourth-order valence-corrected chi connectivity index (χ4v) is 2.39. The number of pyridine rings is 1. The van der Waals surface area contributed by atoms with E-state index in [0.29, 0.717) is 18.9 Å². The number of hydrogen-bond acceptors (Lipinski definition) is 6. The van der Waals surface area contributed by atoms with Crippen molar-refractivity contribution in [3.8, 4) is 0 Å². The van der Waals surface area contributed by atoms with Gasteiger partial charge in [-0.2, -0.15) is 0 Å². The maximum absolute atomic E-state index is 12.5. The van der Waals surface area contributed by atoms with Crippen LogP contribution in [0, 0.1) is 0 Å². The predicted molar refractivity (Wildman–Crippen MR) is 90.1 cm³/mol. The molecule has 0 atom stereocenters. The first-order valence-corrected chi connectivity index (χ1v) is 8.02. The monoisotopic (exact) mass is 335 g/mol. The van der Waals surface area contributed by atoms with Crippen LogP contribution in [0.5, 0.6) is 0 Å². The Kier molecular flexibility index (Phi) is 5.77. The van der Waals surface area contributed by atoms with Gasteiger partial charge < -0.3 is 19.3 Å². The normalized spacial score (nSPS) is 15.1. The highest BCUT2D eigenvalue weighted by Crippen LogP contribution is 2.17. The molecule has 1 amide bonds.